The topological polar surface area (TPSA) is 0 Å². The fraction of sp³-hybridized carbons (Fsp3) is 0.636. The summed E-state index contributed by atoms with van der Waals surface area (Å²) in [4.78, 5) is 0. The molecule has 0 unspecified atom stereocenters. The second-order valence-corrected chi connectivity index (χ2v) is 3.81. The number of hydrogen-bond acceptors (Lipinski definition) is 2. The summed E-state index contributed by atoms with van der Waals surface area (Å²) in [7, 11) is 0. The number of hydrogen-bond donors (Lipinski definition) is 2. The second kappa shape index (κ2) is 10.3. The fourth-order valence-corrected chi connectivity index (χ4v) is 1.60. The second-order valence-electron chi connectivity index (χ2n) is 3.08. The lowest BCUT2D eigenvalue weighted by Crippen LogP contribution is -1.98. The molecule has 2 heteroatoms. The third kappa shape index (κ3) is 8.51. The van der Waals surface area contributed by atoms with Crippen molar-refractivity contribution in [1.82, 2.24) is 0 Å². The fourth-order valence-electron chi connectivity index (χ4n) is 0.898. The Bertz CT molecular complexity index is 146. The summed E-state index contributed by atoms with van der Waals surface area (Å²) in [6.45, 7) is 2.21. The lowest BCUT2D eigenvalue weighted by Gasteiger charge is -2.01. The van der Waals surface area contributed by atoms with Crippen LogP contribution < -0.4 is 0 Å². The molecule has 0 saturated heterocycles. The Balaban J connectivity index is 3.53. The van der Waals surface area contributed by atoms with Gasteiger partial charge in [-0.2, -0.15) is 25.3 Å². The maximum absolute atomic E-state index is 4.23. The van der Waals surface area contributed by atoms with E-state index < -0.39 is 0 Å². The van der Waals surface area contributed by atoms with Gasteiger partial charge in [0.05, 0.1) is 0 Å². The summed E-state index contributed by atoms with van der Waals surface area (Å²) in [5.41, 5.74) is 0. The van der Waals surface area contributed by atoms with Gasteiger partial charge in [0, 0.05) is 0 Å². The van der Waals surface area contributed by atoms with Crippen LogP contribution in [0.25, 0.3) is 0 Å². The van der Waals surface area contributed by atoms with E-state index in [0.29, 0.717) is 5.92 Å². The van der Waals surface area contributed by atoms with Crippen LogP contribution in [0.4, 0.5) is 0 Å². The first-order chi connectivity index (χ1) is 6.35. The first-order valence-corrected chi connectivity index (χ1v) is 6.16. The molecule has 13 heavy (non-hydrogen) atoms. The molecule has 0 nitrogen and oxygen atoms in total. The van der Waals surface area contributed by atoms with Crippen molar-refractivity contribution < 1.29 is 0 Å². The van der Waals surface area contributed by atoms with Crippen molar-refractivity contribution in [3.8, 4) is 0 Å². The predicted molar refractivity (Wildman–Crippen MR) is 69.0 cm³/mol. The molecular formula is C11H20S2. The maximum Gasteiger partial charge on any atom is -0.00269 e. The van der Waals surface area contributed by atoms with Crippen LogP contribution in [0.1, 0.15) is 26.2 Å². The minimum Gasteiger partial charge on any atom is -0.179 e. The molecule has 0 aliphatic rings. The SMILES string of the molecule is CCCCC=CC=CC(CS)CS. The van der Waals surface area contributed by atoms with Crippen molar-refractivity contribution in [2.75, 3.05) is 11.5 Å². The standard InChI is InChI=1S/C11H20S2/c1-2-3-4-5-6-7-8-11(9-12)10-13/h5-8,11-13H,2-4,9-10H2,1H3. The molecule has 0 atom stereocenters. The molecule has 0 N–H and O–H groups in total. The molecule has 0 amide bonds. The Morgan fingerprint density at radius 3 is 2.38 bits per heavy atom. The molecule has 0 rings (SSSR count). The number of allylic oxidation sites excluding steroid dienone is 4. The molecule has 0 bridgehead atoms. The molecule has 0 aromatic rings. The van der Waals surface area contributed by atoms with Gasteiger partial charge in [-0.1, -0.05) is 44.1 Å². The van der Waals surface area contributed by atoms with Crippen LogP contribution in [-0.4, -0.2) is 11.5 Å². The van der Waals surface area contributed by atoms with Crippen molar-refractivity contribution in [3.05, 3.63) is 24.3 Å². The van der Waals surface area contributed by atoms with E-state index in [1.807, 2.05) is 0 Å². The summed E-state index contributed by atoms with van der Waals surface area (Å²) in [5, 5.41) is 0. The van der Waals surface area contributed by atoms with Crippen LogP contribution in [0.5, 0.6) is 0 Å². The molecule has 0 spiro atoms. The van der Waals surface area contributed by atoms with Gasteiger partial charge in [0.2, 0.25) is 0 Å². The molecule has 0 heterocycles. The van der Waals surface area contributed by atoms with Crippen LogP contribution >= 0.6 is 25.3 Å². The zero-order chi connectivity index (χ0) is 9.94. The molecule has 0 radical (unpaired) electrons. The highest BCUT2D eigenvalue weighted by molar-refractivity contribution is 7.81. The van der Waals surface area contributed by atoms with Crippen LogP contribution in [0.3, 0.4) is 0 Å². The van der Waals surface area contributed by atoms with Crippen LogP contribution in [-0.2, 0) is 0 Å². The summed E-state index contributed by atoms with van der Waals surface area (Å²) < 4.78 is 0. The van der Waals surface area contributed by atoms with Gasteiger partial charge in [-0.3, -0.25) is 0 Å². The van der Waals surface area contributed by atoms with E-state index in [1.165, 1.54) is 19.3 Å². The Morgan fingerprint density at radius 1 is 1.15 bits per heavy atom. The van der Waals surface area contributed by atoms with Gasteiger partial charge in [0.15, 0.2) is 0 Å². The van der Waals surface area contributed by atoms with Crippen molar-refractivity contribution in [2.24, 2.45) is 5.92 Å². The van der Waals surface area contributed by atoms with E-state index in [0.717, 1.165) is 11.5 Å². The lowest BCUT2D eigenvalue weighted by molar-refractivity contribution is 0.814. The Labute approximate surface area is 93.3 Å². The van der Waals surface area contributed by atoms with Gasteiger partial charge >= 0.3 is 0 Å². The van der Waals surface area contributed by atoms with Crippen LogP contribution in [0, 0.1) is 5.92 Å². The maximum atomic E-state index is 4.23. The van der Waals surface area contributed by atoms with Gasteiger partial charge in [0.1, 0.15) is 0 Å². The number of thiol groups is 2. The summed E-state index contributed by atoms with van der Waals surface area (Å²) in [6, 6.07) is 0. The lowest BCUT2D eigenvalue weighted by atomic mass is 10.2. The minimum absolute atomic E-state index is 0.502. The van der Waals surface area contributed by atoms with Gasteiger partial charge in [-0.15, -0.1) is 0 Å². The third-order valence-corrected chi connectivity index (χ3v) is 2.76. The van der Waals surface area contributed by atoms with Crippen molar-refractivity contribution in [2.45, 2.75) is 26.2 Å². The normalized spacial score (nSPS) is 12.3. The van der Waals surface area contributed by atoms with Gasteiger partial charge < -0.3 is 0 Å². The highest BCUT2D eigenvalue weighted by Gasteiger charge is 1.95. The number of unbranched alkanes of at least 4 members (excludes halogenated alkanes) is 2. The molecule has 0 fully saturated rings. The van der Waals surface area contributed by atoms with Gasteiger partial charge in [0.25, 0.3) is 0 Å². The first-order valence-electron chi connectivity index (χ1n) is 4.90. The number of rotatable bonds is 7. The molecule has 0 aromatic heterocycles. The van der Waals surface area contributed by atoms with E-state index in [9.17, 15) is 0 Å². The van der Waals surface area contributed by atoms with Gasteiger partial charge in [-0.05, 0) is 23.8 Å². The van der Waals surface area contributed by atoms with E-state index in [4.69, 9.17) is 0 Å². The molecule has 0 saturated carbocycles. The first kappa shape index (κ1) is 13.2. The summed E-state index contributed by atoms with van der Waals surface area (Å²) in [5.74, 6) is 2.26. The quantitative estimate of drug-likeness (QED) is 0.361. The van der Waals surface area contributed by atoms with E-state index in [2.05, 4.69) is 56.5 Å². The van der Waals surface area contributed by atoms with E-state index in [-0.39, 0.29) is 0 Å². The zero-order valence-corrected chi connectivity index (χ0v) is 10.1. The molecule has 0 aromatic carbocycles. The van der Waals surface area contributed by atoms with Crippen LogP contribution in [0.2, 0.25) is 0 Å². The van der Waals surface area contributed by atoms with E-state index >= 15 is 0 Å². The summed E-state index contributed by atoms with van der Waals surface area (Å²) in [6.07, 6.45) is 12.4. The summed E-state index contributed by atoms with van der Waals surface area (Å²) >= 11 is 8.46. The van der Waals surface area contributed by atoms with Crippen molar-refractivity contribution in [1.29, 1.82) is 0 Å². The third-order valence-electron chi connectivity index (χ3n) is 1.82. The predicted octanol–water partition coefficient (Wildman–Crippen LogP) is 3.76. The average molecular weight is 216 g/mol. The minimum atomic E-state index is 0.502. The Morgan fingerprint density at radius 2 is 1.85 bits per heavy atom. The zero-order valence-electron chi connectivity index (χ0n) is 8.32. The molecule has 0 aliphatic carbocycles. The average Bonchev–Trinajstić information content (AvgIpc) is 2.17. The van der Waals surface area contributed by atoms with Crippen LogP contribution in [0.15, 0.2) is 24.3 Å². The molecule has 0 aliphatic heterocycles. The largest absolute Gasteiger partial charge is 0.179 e. The van der Waals surface area contributed by atoms with Crippen molar-refractivity contribution in [3.63, 3.8) is 0 Å². The van der Waals surface area contributed by atoms with E-state index in [1.54, 1.807) is 0 Å². The Hall–Kier alpha value is 0.180. The Kier molecular flexibility index (Phi) is 10.4. The van der Waals surface area contributed by atoms with Crippen molar-refractivity contribution >= 4 is 25.3 Å². The van der Waals surface area contributed by atoms with Gasteiger partial charge in [-0.25, -0.2) is 0 Å². The monoisotopic (exact) mass is 216 g/mol. The highest BCUT2D eigenvalue weighted by Crippen LogP contribution is 2.04. The molecule has 76 valence electrons. The molecular weight excluding hydrogens is 196 g/mol. The highest BCUT2D eigenvalue weighted by atomic mass is 32.1. The smallest absolute Gasteiger partial charge is 0.00269 e.